The number of methoxy groups -OCH3 is 1. The van der Waals surface area contributed by atoms with E-state index >= 15 is 0 Å². The van der Waals surface area contributed by atoms with Crippen molar-refractivity contribution in [2.75, 3.05) is 7.11 Å². The van der Waals surface area contributed by atoms with Gasteiger partial charge in [0.2, 0.25) is 0 Å². The largest absolute Gasteiger partial charge is 0.496 e. The molecule has 0 radical (unpaired) electrons. The minimum absolute atomic E-state index is 0.619. The molecular formula is C13H16N2OS. The predicted octanol–water partition coefficient (Wildman–Crippen LogP) is 3.13. The van der Waals surface area contributed by atoms with E-state index in [1.54, 1.807) is 7.11 Å². The van der Waals surface area contributed by atoms with Gasteiger partial charge in [-0.1, -0.05) is 0 Å². The van der Waals surface area contributed by atoms with Gasteiger partial charge in [-0.2, -0.15) is 12.6 Å². The Hall–Kier alpha value is -1.42. The standard InChI is InChI=1S/C13H16N2OS/c1-8-5-12(16-3)9(2)4-10(8)11-6-14-13(7-17)15-11/h4-6,17H,7H2,1-3H3,(H,14,15). The second kappa shape index (κ2) is 4.84. The topological polar surface area (TPSA) is 37.9 Å². The molecule has 1 aromatic carbocycles. The molecule has 0 aliphatic carbocycles. The molecule has 0 saturated carbocycles. The molecule has 1 heterocycles. The van der Waals surface area contributed by atoms with Crippen LogP contribution in [0, 0.1) is 13.8 Å². The van der Waals surface area contributed by atoms with Crippen LogP contribution in [-0.2, 0) is 5.75 Å². The highest BCUT2D eigenvalue weighted by Gasteiger charge is 2.09. The van der Waals surface area contributed by atoms with Gasteiger partial charge in [0.05, 0.1) is 19.0 Å². The summed E-state index contributed by atoms with van der Waals surface area (Å²) in [6, 6.07) is 4.16. The zero-order valence-electron chi connectivity index (χ0n) is 10.2. The van der Waals surface area contributed by atoms with Crippen molar-refractivity contribution in [2.24, 2.45) is 0 Å². The molecule has 0 amide bonds. The quantitative estimate of drug-likeness (QED) is 0.819. The summed E-state index contributed by atoms with van der Waals surface area (Å²) < 4.78 is 5.30. The van der Waals surface area contributed by atoms with E-state index in [1.165, 1.54) is 5.56 Å². The predicted molar refractivity (Wildman–Crippen MR) is 72.7 cm³/mol. The van der Waals surface area contributed by atoms with Gasteiger partial charge in [-0.25, -0.2) is 4.98 Å². The number of H-pyrrole nitrogens is 1. The minimum atomic E-state index is 0.619. The van der Waals surface area contributed by atoms with E-state index in [0.29, 0.717) is 5.75 Å². The molecule has 4 heteroatoms. The SMILES string of the molecule is COc1cc(C)c(-c2cnc(CS)[nH]2)cc1C. The van der Waals surface area contributed by atoms with Crippen molar-refractivity contribution in [1.82, 2.24) is 9.97 Å². The number of hydrogen-bond donors (Lipinski definition) is 2. The van der Waals surface area contributed by atoms with Gasteiger partial charge in [0.25, 0.3) is 0 Å². The first-order chi connectivity index (χ1) is 8.15. The minimum Gasteiger partial charge on any atom is -0.496 e. The van der Waals surface area contributed by atoms with Crippen molar-refractivity contribution < 1.29 is 4.74 Å². The lowest BCUT2D eigenvalue weighted by atomic mass is 10.0. The number of rotatable bonds is 3. The van der Waals surface area contributed by atoms with E-state index < -0.39 is 0 Å². The van der Waals surface area contributed by atoms with E-state index in [2.05, 4.69) is 35.6 Å². The zero-order valence-corrected chi connectivity index (χ0v) is 11.1. The molecule has 0 atom stereocenters. The number of aromatic amines is 1. The number of thiol groups is 1. The summed E-state index contributed by atoms with van der Waals surface area (Å²) in [5.74, 6) is 2.42. The molecule has 3 nitrogen and oxygen atoms in total. The average molecular weight is 248 g/mol. The van der Waals surface area contributed by atoms with Crippen molar-refractivity contribution in [2.45, 2.75) is 19.6 Å². The fraction of sp³-hybridized carbons (Fsp3) is 0.308. The molecule has 1 N–H and O–H groups in total. The van der Waals surface area contributed by atoms with E-state index in [0.717, 1.165) is 28.4 Å². The van der Waals surface area contributed by atoms with Crippen molar-refractivity contribution >= 4 is 12.6 Å². The Balaban J connectivity index is 2.48. The monoisotopic (exact) mass is 248 g/mol. The summed E-state index contributed by atoms with van der Waals surface area (Å²) in [6.07, 6.45) is 1.85. The summed E-state index contributed by atoms with van der Waals surface area (Å²) >= 11 is 4.20. The van der Waals surface area contributed by atoms with Crippen LogP contribution in [0.15, 0.2) is 18.3 Å². The lowest BCUT2D eigenvalue weighted by Gasteiger charge is -2.09. The molecule has 2 aromatic rings. The van der Waals surface area contributed by atoms with Crippen LogP contribution in [0.5, 0.6) is 5.75 Å². The van der Waals surface area contributed by atoms with Crippen LogP contribution in [0.3, 0.4) is 0 Å². The molecule has 0 bridgehead atoms. The molecule has 0 aliphatic rings. The second-order valence-corrected chi connectivity index (χ2v) is 4.35. The van der Waals surface area contributed by atoms with Gasteiger partial charge in [-0.3, -0.25) is 0 Å². The molecule has 0 unspecified atom stereocenters. The van der Waals surface area contributed by atoms with Gasteiger partial charge in [0, 0.05) is 11.3 Å². The molecule has 90 valence electrons. The van der Waals surface area contributed by atoms with Crippen LogP contribution in [0.4, 0.5) is 0 Å². The fourth-order valence-electron chi connectivity index (χ4n) is 1.88. The zero-order chi connectivity index (χ0) is 12.4. The maximum absolute atomic E-state index is 5.30. The number of nitrogens with one attached hydrogen (secondary N) is 1. The van der Waals surface area contributed by atoms with Gasteiger partial charge in [-0.05, 0) is 37.1 Å². The maximum atomic E-state index is 5.30. The highest BCUT2D eigenvalue weighted by atomic mass is 32.1. The summed E-state index contributed by atoms with van der Waals surface area (Å²) in [7, 11) is 1.69. The van der Waals surface area contributed by atoms with Crippen LogP contribution in [0.1, 0.15) is 17.0 Å². The number of aromatic nitrogens is 2. The van der Waals surface area contributed by atoms with Crippen LogP contribution in [0.25, 0.3) is 11.3 Å². The number of nitrogens with zero attached hydrogens (tertiary/aromatic N) is 1. The Morgan fingerprint density at radius 1 is 1.29 bits per heavy atom. The number of imidazole rings is 1. The van der Waals surface area contributed by atoms with Gasteiger partial charge < -0.3 is 9.72 Å². The molecule has 2 rings (SSSR count). The number of benzene rings is 1. The molecule has 0 saturated heterocycles. The van der Waals surface area contributed by atoms with E-state index in [4.69, 9.17) is 4.74 Å². The van der Waals surface area contributed by atoms with Crippen molar-refractivity contribution in [3.05, 3.63) is 35.3 Å². The smallest absolute Gasteiger partial charge is 0.122 e. The fourth-order valence-corrected chi connectivity index (χ4v) is 2.04. The van der Waals surface area contributed by atoms with Crippen LogP contribution in [0.2, 0.25) is 0 Å². The van der Waals surface area contributed by atoms with Gasteiger partial charge in [0.1, 0.15) is 11.6 Å². The molecule has 0 spiro atoms. The lowest BCUT2D eigenvalue weighted by molar-refractivity contribution is 0.411. The Kier molecular flexibility index (Phi) is 3.43. The highest BCUT2D eigenvalue weighted by molar-refractivity contribution is 7.79. The second-order valence-electron chi connectivity index (χ2n) is 4.04. The van der Waals surface area contributed by atoms with E-state index in [9.17, 15) is 0 Å². The number of ether oxygens (including phenoxy) is 1. The number of aryl methyl sites for hydroxylation is 2. The lowest BCUT2D eigenvalue weighted by Crippen LogP contribution is -1.91. The van der Waals surface area contributed by atoms with E-state index in [-0.39, 0.29) is 0 Å². The summed E-state index contributed by atoms with van der Waals surface area (Å²) in [6.45, 7) is 4.11. The molecule has 17 heavy (non-hydrogen) atoms. The summed E-state index contributed by atoms with van der Waals surface area (Å²) in [5.41, 5.74) is 4.47. The third kappa shape index (κ3) is 2.31. The van der Waals surface area contributed by atoms with Gasteiger partial charge >= 0.3 is 0 Å². The molecular weight excluding hydrogens is 232 g/mol. The Morgan fingerprint density at radius 2 is 2.06 bits per heavy atom. The Bertz CT molecular complexity index is 534. The van der Waals surface area contributed by atoms with Crippen LogP contribution >= 0.6 is 12.6 Å². The first-order valence-electron chi connectivity index (χ1n) is 5.46. The molecule has 1 aromatic heterocycles. The van der Waals surface area contributed by atoms with Crippen molar-refractivity contribution in [3.63, 3.8) is 0 Å². The van der Waals surface area contributed by atoms with Crippen molar-refractivity contribution in [1.29, 1.82) is 0 Å². The van der Waals surface area contributed by atoms with Crippen molar-refractivity contribution in [3.8, 4) is 17.0 Å². The summed E-state index contributed by atoms with van der Waals surface area (Å²) in [5, 5.41) is 0. The van der Waals surface area contributed by atoms with E-state index in [1.807, 2.05) is 19.2 Å². The average Bonchev–Trinajstić information content (AvgIpc) is 2.80. The first kappa shape index (κ1) is 12.0. The third-order valence-electron chi connectivity index (χ3n) is 2.81. The first-order valence-corrected chi connectivity index (χ1v) is 6.09. The third-order valence-corrected chi connectivity index (χ3v) is 3.11. The van der Waals surface area contributed by atoms with Gasteiger partial charge in [-0.15, -0.1) is 0 Å². The van der Waals surface area contributed by atoms with Crippen LogP contribution < -0.4 is 4.74 Å². The van der Waals surface area contributed by atoms with Crippen LogP contribution in [-0.4, -0.2) is 17.1 Å². The summed E-state index contributed by atoms with van der Waals surface area (Å²) in [4.78, 5) is 7.52. The Morgan fingerprint density at radius 3 is 2.65 bits per heavy atom. The Labute approximate surface area is 107 Å². The molecule has 0 aliphatic heterocycles. The number of hydrogen-bond acceptors (Lipinski definition) is 3. The van der Waals surface area contributed by atoms with Gasteiger partial charge in [0.15, 0.2) is 0 Å². The normalized spacial score (nSPS) is 10.6. The highest BCUT2D eigenvalue weighted by Crippen LogP contribution is 2.29. The molecule has 0 fully saturated rings. The maximum Gasteiger partial charge on any atom is 0.122 e.